The highest BCUT2D eigenvalue weighted by Gasteiger charge is 2.75. The maximum atomic E-state index is 12.6. The summed E-state index contributed by atoms with van der Waals surface area (Å²) in [6, 6.07) is 0. The van der Waals surface area contributed by atoms with Gasteiger partial charge in [-0.3, -0.25) is 4.79 Å². The van der Waals surface area contributed by atoms with Gasteiger partial charge in [0.15, 0.2) is 0 Å². The number of carbonyl (C=O) groups excluding carboxylic acids is 5. The van der Waals surface area contributed by atoms with Gasteiger partial charge in [0.1, 0.15) is 11.7 Å². The van der Waals surface area contributed by atoms with Crippen molar-refractivity contribution in [2.45, 2.75) is 196 Å². The molecule has 2 atom stereocenters. The van der Waals surface area contributed by atoms with E-state index >= 15 is 0 Å². The Morgan fingerprint density at radius 2 is 0.833 bits per heavy atom. The lowest BCUT2D eigenvalue weighted by atomic mass is 9.93. The van der Waals surface area contributed by atoms with Crippen LogP contribution in [0.4, 0.5) is 105 Å². The number of rotatable bonds is 25. The quantitative estimate of drug-likeness (QED) is 0.0254. The third-order valence-corrected chi connectivity index (χ3v) is 11.2. The Labute approximate surface area is 496 Å². The van der Waals surface area contributed by atoms with Crippen molar-refractivity contribution in [3.8, 4) is 0 Å². The molecule has 1 rings (SSSR count). The number of esters is 5. The molecular weight excluding hydrogens is 1310 g/mol. The van der Waals surface area contributed by atoms with Crippen LogP contribution in [0.25, 0.3) is 0 Å². The molecule has 1 aliphatic rings. The van der Waals surface area contributed by atoms with Gasteiger partial charge in [-0.1, -0.05) is 32.7 Å². The van der Waals surface area contributed by atoms with E-state index in [0.29, 0.717) is 32.5 Å². The van der Waals surface area contributed by atoms with Gasteiger partial charge < -0.3 is 53.2 Å². The van der Waals surface area contributed by atoms with E-state index in [4.69, 9.17) is 43.7 Å². The maximum Gasteiger partial charge on any atom is 0.434 e. The van der Waals surface area contributed by atoms with Gasteiger partial charge in [0.05, 0.1) is 74.1 Å². The van der Waals surface area contributed by atoms with Gasteiger partial charge in [-0.05, 0) is 67.2 Å². The molecule has 1 saturated carbocycles. The number of aliphatic hydroxyl groups is 3. The van der Waals surface area contributed by atoms with Gasteiger partial charge >= 0.3 is 79.3 Å². The van der Waals surface area contributed by atoms with Gasteiger partial charge in [0.2, 0.25) is 0 Å². The minimum Gasteiger partial charge on any atom is -0.463 e. The average molecular weight is 1380 g/mol. The summed E-state index contributed by atoms with van der Waals surface area (Å²) in [7, 11) is 0. The Hall–Kier alpha value is -5.61. The maximum absolute atomic E-state index is 12.6. The first-order chi connectivity index (χ1) is 40.0. The zero-order valence-electron chi connectivity index (χ0n) is 48.3. The number of carbonyl (C=O) groups is 5. The first-order valence-corrected chi connectivity index (χ1v) is 25.2. The Morgan fingerprint density at radius 1 is 0.500 bits per heavy atom. The van der Waals surface area contributed by atoms with Crippen LogP contribution in [0, 0.1) is 0 Å². The fourth-order valence-corrected chi connectivity index (χ4v) is 6.38. The van der Waals surface area contributed by atoms with Crippen molar-refractivity contribution in [2.75, 3.05) is 39.6 Å². The van der Waals surface area contributed by atoms with Crippen LogP contribution >= 0.6 is 0 Å². The van der Waals surface area contributed by atoms with Crippen LogP contribution in [0.15, 0.2) is 48.6 Å². The molecule has 3 N–H and O–H groups in total. The lowest BCUT2D eigenvalue weighted by molar-refractivity contribution is -0.374. The van der Waals surface area contributed by atoms with Crippen molar-refractivity contribution in [3.05, 3.63) is 48.6 Å². The Morgan fingerprint density at radius 3 is 1.13 bits per heavy atom. The van der Waals surface area contributed by atoms with E-state index in [9.17, 15) is 129 Å². The van der Waals surface area contributed by atoms with Crippen LogP contribution in [-0.2, 0) is 61.9 Å². The predicted octanol–water partition coefficient (Wildman–Crippen LogP) is 12.1. The van der Waals surface area contributed by atoms with Crippen LogP contribution in [0.2, 0.25) is 0 Å². The Bertz CT molecular complexity index is 2290. The average Bonchev–Trinajstić information content (AvgIpc) is 0.832. The molecule has 2 unspecified atom stereocenters. The molecular formula is C50H64F24O16. The van der Waals surface area contributed by atoms with Crippen LogP contribution in [0.3, 0.4) is 0 Å². The highest BCUT2D eigenvalue weighted by molar-refractivity contribution is 5.91. The van der Waals surface area contributed by atoms with Crippen molar-refractivity contribution in [1.29, 1.82) is 0 Å². The summed E-state index contributed by atoms with van der Waals surface area (Å²) in [6.07, 6.45) is -57.3. The second-order valence-electron chi connectivity index (χ2n) is 19.5. The molecule has 0 aromatic heterocycles. The van der Waals surface area contributed by atoms with Crippen molar-refractivity contribution in [3.63, 3.8) is 0 Å². The molecule has 0 saturated heterocycles. The highest BCUT2D eigenvalue weighted by Crippen LogP contribution is 2.50. The molecule has 1 aliphatic carbocycles. The first kappa shape index (κ1) is 88.6. The normalized spacial score (nSPS) is 15.0. The van der Waals surface area contributed by atoms with E-state index in [-0.39, 0.29) is 42.0 Å². The number of hydrogen-bond donors (Lipinski definition) is 3. The lowest BCUT2D eigenvalue weighted by Gasteiger charge is -2.34. The fourth-order valence-electron chi connectivity index (χ4n) is 6.38. The second-order valence-corrected chi connectivity index (χ2v) is 19.5. The SMILES string of the molecule is C=C(C(=O)OC(C(F)(F)F)C(F)(F)F)C(O)(C(F)(F)F)C(F)(F)F.C=C(COC(C)CC(O)(C(F)(F)F)C(F)(F)F)C(=O)OC1CCCCC1.C=C(COC(C)CC(O)(C(F)(F)F)C(F)(F)F)C(=O)OCC.C=C(COCCC(C)(C)OC(C)=O)C(=O)OCC. The third kappa shape index (κ3) is 28.9. The molecule has 1 fully saturated rings. The van der Waals surface area contributed by atoms with Crippen molar-refractivity contribution in [2.24, 2.45) is 0 Å². The number of halogens is 24. The summed E-state index contributed by atoms with van der Waals surface area (Å²) in [5, 5.41) is 26.7. The van der Waals surface area contributed by atoms with Crippen LogP contribution in [-0.4, -0.2) is 181 Å². The summed E-state index contributed by atoms with van der Waals surface area (Å²) >= 11 is 0. The Kier molecular flexibility index (Phi) is 34.3. The summed E-state index contributed by atoms with van der Waals surface area (Å²) in [4.78, 5) is 55.9. The second kappa shape index (κ2) is 34.9. The first-order valence-electron chi connectivity index (χ1n) is 25.2. The largest absolute Gasteiger partial charge is 0.463 e. The molecule has 0 radical (unpaired) electrons. The standard InChI is InChI=1S/C16H22F6O4.C13H22O5.C12H16F6O4.C9H4F12O3/c1-10(13(23)26-12-6-4-3-5-7-12)9-25-11(2)8-14(24,15(17,18)19)16(20,21)22;1-6-17-12(15)10(2)9-16-8-7-13(4,5)18-11(3)14;1-4-21-9(19)7(2)6-22-8(3)5-10(20,11(13,14)15)12(16,17)18;1-2(5(23,8(16,17)18)9(19,20)21)3(22)24-4(6(10,11)12)7(13,14)15/h11-12,24H,1,3-9H2,2H3;2,6-9H2,1,3-5H3;8,20H,2,4-6H2,1,3H3;4,23H,1H2. The van der Waals surface area contributed by atoms with E-state index in [0.717, 1.165) is 33.1 Å². The van der Waals surface area contributed by atoms with Gasteiger partial charge in [-0.15, -0.1) is 0 Å². The van der Waals surface area contributed by atoms with E-state index in [2.05, 4.69) is 29.2 Å². The molecule has 0 aliphatic heterocycles. The summed E-state index contributed by atoms with van der Waals surface area (Å²) in [5.74, 6) is -5.85. The molecule has 40 heteroatoms. The smallest absolute Gasteiger partial charge is 0.434 e. The van der Waals surface area contributed by atoms with Crippen LogP contribution < -0.4 is 0 Å². The van der Waals surface area contributed by atoms with Crippen molar-refractivity contribution < 1.29 is 183 Å². The minimum absolute atomic E-state index is 0.0231. The zero-order chi connectivity index (χ0) is 72.1. The van der Waals surface area contributed by atoms with E-state index in [1.54, 1.807) is 27.4 Å². The molecule has 0 aromatic carbocycles. The van der Waals surface area contributed by atoms with Crippen LogP contribution in [0.5, 0.6) is 0 Å². The van der Waals surface area contributed by atoms with E-state index in [1.165, 1.54) is 13.8 Å². The molecule has 528 valence electrons. The van der Waals surface area contributed by atoms with Gasteiger partial charge in [-0.2, -0.15) is 105 Å². The molecule has 0 spiro atoms. The van der Waals surface area contributed by atoms with E-state index in [1.807, 2.05) is 0 Å². The topological polar surface area (TPSA) is 220 Å². The molecule has 90 heavy (non-hydrogen) atoms. The molecule has 0 amide bonds. The lowest BCUT2D eigenvalue weighted by Crippen LogP contribution is -2.60. The van der Waals surface area contributed by atoms with Crippen molar-refractivity contribution in [1.82, 2.24) is 0 Å². The third-order valence-electron chi connectivity index (χ3n) is 11.2. The number of ether oxygens (including phenoxy) is 8. The minimum atomic E-state index is -6.74. The van der Waals surface area contributed by atoms with Gasteiger partial charge in [0.25, 0.3) is 22.9 Å². The van der Waals surface area contributed by atoms with Crippen molar-refractivity contribution >= 4 is 29.8 Å². The molecule has 16 nitrogen and oxygen atoms in total. The molecule has 0 aromatic rings. The van der Waals surface area contributed by atoms with Gasteiger partial charge in [-0.25, -0.2) is 19.2 Å². The summed E-state index contributed by atoms with van der Waals surface area (Å²) in [5.41, 5.74) is -19.8. The number of hydrogen-bond acceptors (Lipinski definition) is 16. The van der Waals surface area contributed by atoms with Crippen LogP contribution in [0.1, 0.15) is 99.8 Å². The number of alkyl halides is 24. The molecule has 0 bridgehead atoms. The summed E-state index contributed by atoms with van der Waals surface area (Å²) in [6.45, 7) is 21.6. The van der Waals surface area contributed by atoms with Gasteiger partial charge in [0, 0.05) is 26.2 Å². The highest BCUT2D eigenvalue weighted by atomic mass is 19.4. The summed E-state index contributed by atoms with van der Waals surface area (Å²) < 4.78 is 334. The van der Waals surface area contributed by atoms with E-state index < -0.39 is 146 Å². The molecule has 0 heterocycles. The fraction of sp³-hybridized carbons (Fsp3) is 0.740. The Balaban J connectivity index is -0.00000113. The zero-order valence-corrected chi connectivity index (χ0v) is 48.3. The monoisotopic (exact) mass is 1380 g/mol. The predicted molar refractivity (Wildman–Crippen MR) is 257 cm³/mol.